The van der Waals surface area contributed by atoms with E-state index in [9.17, 15) is 13.2 Å². The molecule has 8 heteroatoms. The molecule has 2 bridgehead atoms. The van der Waals surface area contributed by atoms with Crippen molar-refractivity contribution in [2.45, 2.75) is 17.7 Å². The van der Waals surface area contributed by atoms with Gasteiger partial charge in [0, 0.05) is 24.7 Å². The number of amides is 1. The summed E-state index contributed by atoms with van der Waals surface area (Å²) in [6.07, 6.45) is 6.22. The molecule has 0 unspecified atom stereocenters. The molecule has 4 rings (SSSR count). The third-order valence-electron chi connectivity index (χ3n) is 5.63. The number of morpholine rings is 1. The van der Waals surface area contributed by atoms with E-state index in [1.807, 2.05) is 0 Å². The van der Waals surface area contributed by atoms with E-state index in [0.29, 0.717) is 43.8 Å². The van der Waals surface area contributed by atoms with Crippen LogP contribution in [0.1, 0.15) is 12.8 Å². The molecule has 0 spiro atoms. The number of nitrogens with one attached hydrogen (secondary N) is 1. The topological polar surface area (TPSA) is 84.9 Å². The van der Waals surface area contributed by atoms with Gasteiger partial charge in [-0.3, -0.25) is 4.79 Å². The van der Waals surface area contributed by atoms with Gasteiger partial charge in [0.15, 0.2) is 0 Å². The minimum atomic E-state index is -3.72. The molecule has 146 valence electrons. The third kappa shape index (κ3) is 3.49. The van der Waals surface area contributed by atoms with Crippen LogP contribution in [0.4, 0.5) is 5.69 Å². The predicted octanol–water partition coefficient (Wildman–Crippen LogP) is 1.87. The van der Waals surface area contributed by atoms with Gasteiger partial charge in [-0.1, -0.05) is 12.2 Å². The van der Waals surface area contributed by atoms with Crippen LogP contribution < -0.4 is 10.1 Å². The van der Waals surface area contributed by atoms with Crippen molar-refractivity contribution in [2.24, 2.45) is 17.8 Å². The summed E-state index contributed by atoms with van der Waals surface area (Å²) < 4.78 is 38.0. The zero-order valence-corrected chi connectivity index (χ0v) is 16.1. The summed E-state index contributed by atoms with van der Waals surface area (Å²) in [6, 6.07) is 4.76. The number of hydrogen-bond donors (Lipinski definition) is 1. The Balaban J connectivity index is 1.57. The predicted molar refractivity (Wildman–Crippen MR) is 100 cm³/mol. The van der Waals surface area contributed by atoms with Gasteiger partial charge in [-0.05, 0) is 42.9 Å². The number of hydrogen-bond acceptors (Lipinski definition) is 5. The van der Waals surface area contributed by atoms with Crippen molar-refractivity contribution in [1.82, 2.24) is 4.31 Å². The van der Waals surface area contributed by atoms with E-state index in [2.05, 4.69) is 17.5 Å². The third-order valence-corrected chi connectivity index (χ3v) is 7.55. The number of fused-ring (bicyclic) bond motifs is 2. The van der Waals surface area contributed by atoms with Gasteiger partial charge in [0.2, 0.25) is 15.9 Å². The Bertz CT molecular complexity index is 861. The minimum absolute atomic E-state index is 0.0404. The summed E-state index contributed by atoms with van der Waals surface area (Å²) in [5.74, 6) is 0.971. The number of sulfonamides is 1. The monoisotopic (exact) mass is 392 g/mol. The zero-order chi connectivity index (χ0) is 19.0. The molecule has 1 heterocycles. The number of allylic oxidation sites excluding steroid dienone is 2. The largest absolute Gasteiger partial charge is 0.495 e. The first-order valence-electron chi connectivity index (χ1n) is 9.24. The number of rotatable bonds is 5. The molecule has 0 aromatic heterocycles. The van der Waals surface area contributed by atoms with Crippen molar-refractivity contribution < 1.29 is 22.7 Å². The van der Waals surface area contributed by atoms with Crippen molar-refractivity contribution >= 4 is 21.6 Å². The van der Waals surface area contributed by atoms with Crippen molar-refractivity contribution in [3.05, 3.63) is 30.4 Å². The summed E-state index contributed by atoms with van der Waals surface area (Å²) in [6.45, 7) is 1.35. The molecule has 1 aromatic carbocycles. The Kier molecular flexibility index (Phi) is 4.96. The Morgan fingerprint density at radius 2 is 2.00 bits per heavy atom. The van der Waals surface area contributed by atoms with E-state index in [0.717, 1.165) is 12.8 Å². The summed E-state index contributed by atoms with van der Waals surface area (Å²) in [4.78, 5) is 12.7. The average molecular weight is 392 g/mol. The van der Waals surface area contributed by atoms with Gasteiger partial charge in [-0.15, -0.1) is 0 Å². The molecule has 3 atom stereocenters. The zero-order valence-electron chi connectivity index (χ0n) is 15.3. The summed E-state index contributed by atoms with van der Waals surface area (Å²) in [5.41, 5.74) is 0.472. The van der Waals surface area contributed by atoms with Crippen LogP contribution in [0.2, 0.25) is 0 Å². The SMILES string of the molecule is COc1ccc(NC(=O)[C@@H]2C[C@H]3C=C[C@H]2C3)cc1S(=O)(=O)N1CCOCC1. The smallest absolute Gasteiger partial charge is 0.246 e. The maximum Gasteiger partial charge on any atom is 0.246 e. The van der Waals surface area contributed by atoms with Crippen molar-refractivity contribution in [1.29, 1.82) is 0 Å². The van der Waals surface area contributed by atoms with Crippen molar-refractivity contribution in [3.8, 4) is 5.75 Å². The maximum absolute atomic E-state index is 13.0. The summed E-state index contributed by atoms with van der Waals surface area (Å²) in [5, 5.41) is 2.90. The molecule has 1 saturated heterocycles. The molecule has 7 nitrogen and oxygen atoms in total. The van der Waals surface area contributed by atoms with Crippen LogP contribution in [-0.2, 0) is 19.6 Å². The lowest BCUT2D eigenvalue weighted by Gasteiger charge is -2.27. The first kappa shape index (κ1) is 18.5. The van der Waals surface area contributed by atoms with Crippen LogP contribution >= 0.6 is 0 Å². The van der Waals surface area contributed by atoms with Crippen LogP contribution in [0.15, 0.2) is 35.2 Å². The second-order valence-electron chi connectivity index (χ2n) is 7.26. The molecule has 1 saturated carbocycles. The maximum atomic E-state index is 13.0. The number of ether oxygens (including phenoxy) is 2. The number of carbonyl (C=O) groups is 1. The fraction of sp³-hybridized carbons (Fsp3) is 0.526. The number of anilines is 1. The van der Waals surface area contributed by atoms with Gasteiger partial charge in [0.05, 0.1) is 20.3 Å². The minimum Gasteiger partial charge on any atom is -0.495 e. The Morgan fingerprint density at radius 3 is 2.63 bits per heavy atom. The molecule has 0 radical (unpaired) electrons. The van der Waals surface area contributed by atoms with Gasteiger partial charge < -0.3 is 14.8 Å². The van der Waals surface area contributed by atoms with Crippen LogP contribution in [0.25, 0.3) is 0 Å². The van der Waals surface area contributed by atoms with Gasteiger partial charge in [-0.2, -0.15) is 4.31 Å². The van der Waals surface area contributed by atoms with Gasteiger partial charge in [0.25, 0.3) is 0 Å². The van der Waals surface area contributed by atoms with Gasteiger partial charge >= 0.3 is 0 Å². The van der Waals surface area contributed by atoms with Crippen molar-refractivity contribution in [2.75, 3.05) is 38.7 Å². The van der Waals surface area contributed by atoms with E-state index in [4.69, 9.17) is 9.47 Å². The first-order chi connectivity index (χ1) is 13.0. The molecule has 1 aromatic rings. The molecule has 3 aliphatic rings. The molecule has 1 aliphatic heterocycles. The summed E-state index contributed by atoms with van der Waals surface area (Å²) in [7, 11) is -2.29. The summed E-state index contributed by atoms with van der Waals surface area (Å²) >= 11 is 0. The highest BCUT2D eigenvalue weighted by atomic mass is 32.2. The number of benzene rings is 1. The van der Waals surface area contributed by atoms with E-state index >= 15 is 0 Å². The molecule has 1 N–H and O–H groups in total. The highest BCUT2D eigenvalue weighted by Crippen LogP contribution is 2.44. The lowest BCUT2D eigenvalue weighted by Crippen LogP contribution is -2.40. The lowest BCUT2D eigenvalue weighted by atomic mass is 9.93. The number of methoxy groups -OCH3 is 1. The van der Waals surface area contributed by atoms with E-state index in [1.165, 1.54) is 17.5 Å². The number of nitrogens with zero attached hydrogens (tertiary/aromatic N) is 1. The Labute approximate surface area is 159 Å². The van der Waals surface area contributed by atoms with E-state index in [-0.39, 0.29) is 22.5 Å². The average Bonchev–Trinajstić information content (AvgIpc) is 3.32. The van der Waals surface area contributed by atoms with Crippen molar-refractivity contribution in [3.63, 3.8) is 0 Å². The Hall–Kier alpha value is -1.90. The second kappa shape index (κ2) is 7.26. The fourth-order valence-corrected chi connectivity index (χ4v) is 5.79. The van der Waals surface area contributed by atoms with Gasteiger partial charge in [0.1, 0.15) is 10.6 Å². The lowest BCUT2D eigenvalue weighted by molar-refractivity contribution is -0.120. The molecule has 1 amide bonds. The highest BCUT2D eigenvalue weighted by molar-refractivity contribution is 7.89. The van der Waals surface area contributed by atoms with Crippen LogP contribution in [-0.4, -0.2) is 52.0 Å². The van der Waals surface area contributed by atoms with Crippen LogP contribution in [0.3, 0.4) is 0 Å². The van der Waals surface area contributed by atoms with E-state index < -0.39 is 10.0 Å². The fourth-order valence-electron chi connectivity index (χ4n) is 4.20. The standard InChI is InChI=1S/C19H24N2O5S/c1-25-17-5-4-15(20-19(22)16-11-13-2-3-14(16)10-13)12-18(17)27(23,24)21-6-8-26-9-7-21/h2-5,12-14,16H,6-11H2,1H3,(H,20,22)/t13-,14-,16+/m0/s1. The molecular weight excluding hydrogens is 368 g/mol. The first-order valence-corrected chi connectivity index (χ1v) is 10.7. The molecular formula is C19H24N2O5S. The normalized spacial score (nSPS) is 27.7. The van der Waals surface area contributed by atoms with Crippen LogP contribution in [0, 0.1) is 17.8 Å². The molecule has 27 heavy (non-hydrogen) atoms. The Morgan fingerprint density at radius 1 is 1.22 bits per heavy atom. The highest BCUT2D eigenvalue weighted by Gasteiger charge is 2.40. The molecule has 2 fully saturated rings. The van der Waals surface area contributed by atoms with Gasteiger partial charge in [-0.25, -0.2) is 8.42 Å². The quantitative estimate of drug-likeness (QED) is 0.774. The molecule has 2 aliphatic carbocycles. The van der Waals surface area contributed by atoms with Crippen LogP contribution in [0.5, 0.6) is 5.75 Å². The second-order valence-corrected chi connectivity index (χ2v) is 9.16. The van der Waals surface area contributed by atoms with E-state index in [1.54, 1.807) is 12.1 Å². The number of carbonyl (C=O) groups excluding carboxylic acids is 1.